The first-order valence-corrected chi connectivity index (χ1v) is 7.74. The van der Waals surface area contributed by atoms with E-state index in [9.17, 15) is 4.79 Å². The van der Waals surface area contributed by atoms with Gasteiger partial charge in [-0.25, -0.2) is 0 Å². The van der Waals surface area contributed by atoms with Crippen LogP contribution < -0.4 is 0 Å². The number of piperazine rings is 1. The summed E-state index contributed by atoms with van der Waals surface area (Å²) in [5.74, 6) is 0.984. The fraction of sp³-hybridized carbons (Fsp3) is 0.933. The predicted molar refractivity (Wildman–Crippen MR) is 76.2 cm³/mol. The summed E-state index contributed by atoms with van der Waals surface area (Å²) in [4.78, 5) is 15.4. The van der Waals surface area contributed by atoms with Crippen LogP contribution in [-0.2, 0) is 4.79 Å². The van der Waals surface area contributed by atoms with Crippen LogP contribution in [0, 0.1) is 11.8 Å². The van der Waals surface area contributed by atoms with Crippen LogP contribution in [0.25, 0.3) is 0 Å². The monoisotopic (exact) mass is 268 g/mol. The number of aliphatic carboxylic acids is 1. The molecule has 2 rings (SSSR count). The second kappa shape index (κ2) is 6.71. The zero-order chi connectivity index (χ0) is 13.8. The highest BCUT2D eigenvalue weighted by Gasteiger charge is 2.30. The minimum atomic E-state index is -0.703. The van der Waals surface area contributed by atoms with Crippen LogP contribution in [0.4, 0.5) is 0 Å². The van der Waals surface area contributed by atoms with Crippen molar-refractivity contribution in [3.63, 3.8) is 0 Å². The summed E-state index contributed by atoms with van der Waals surface area (Å²) in [6.07, 6.45) is 5.44. The van der Waals surface area contributed by atoms with E-state index in [-0.39, 0.29) is 6.54 Å². The molecule has 4 nitrogen and oxygen atoms in total. The Bertz CT molecular complexity index is 299. The van der Waals surface area contributed by atoms with Gasteiger partial charge in [0, 0.05) is 32.2 Å². The van der Waals surface area contributed by atoms with Crippen molar-refractivity contribution in [2.45, 2.75) is 45.6 Å². The number of nitrogens with zero attached hydrogens (tertiary/aromatic N) is 2. The Morgan fingerprint density at radius 2 is 1.89 bits per heavy atom. The van der Waals surface area contributed by atoms with Crippen molar-refractivity contribution in [1.82, 2.24) is 9.80 Å². The largest absolute Gasteiger partial charge is 0.480 e. The molecule has 1 aliphatic carbocycles. The molecule has 2 aliphatic rings. The quantitative estimate of drug-likeness (QED) is 0.846. The van der Waals surface area contributed by atoms with E-state index < -0.39 is 5.97 Å². The molecule has 1 saturated heterocycles. The van der Waals surface area contributed by atoms with Crippen LogP contribution in [0.15, 0.2) is 0 Å². The lowest BCUT2D eigenvalue weighted by Crippen LogP contribution is -2.52. The molecular formula is C15H28N2O2. The van der Waals surface area contributed by atoms with Gasteiger partial charge in [0.05, 0.1) is 6.54 Å². The molecule has 1 aliphatic heterocycles. The highest BCUT2D eigenvalue weighted by molar-refractivity contribution is 5.69. The Kier molecular flexibility index (Phi) is 5.22. The third kappa shape index (κ3) is 4.18. The normalized spacial score (nSPS) is 30.7. The third-order valence-electron chi connectivity index (χ3n) is 4.91. The van der Waals surface area contributed by atoms with Crippen LogP contribution in [0.2, 0.25) is 0 Å². The molecule has 2 fully saturated rings. The van der Waals surface area contributed by atoms with Gasteiger partial charge in [0.25, 0.3) is 0 Å². The van der Waals surface area contributed by atoms with E-state index in [1.165, 1.54) is 25.7 Å². The summed E-state index contributed by atoms with van der Waals surface area (Å²) in [6.45, 7) is 8.80. The van der Waals surface area contributed by atoms with Gasteiger partial charge >= 0.3 is 5.97 Å². The Labute approximate surface area is 116 Å². The molecule has 1 heterocycles. The van der Waals surface area contributed by atoms with Gasteiger partial charge in [-0.1, -0.05) is 26.7 Å². The van der Waals surface area contributed by atoms with Gasteiger partial charge in [-0.15, -0.1) is 0 Å². The molecule has 19 heavy (non-hydrogen) atoms. The van der Waals surface area contributed by atoms with Crippen molar-refractivity contribution < 1.29 is 9.90 Å². The van der Waals surface area contributed by atoms with E-state index in [1.807, 2.05) is 0 Å². The SMILES string of the molecule is CC(C)C1CCCC(N2CCN(CC(=O)O)CC2)C1. The minimum absolute atomic E-state index is 0.202. The summed E-state index contributed by atoms with van der Waals surface area (Å²) < 4.78 is 0. The molecule has 0 bridgehead atoms. The molecule has 0 aromatic rings. The van der Waals surface area contributed by atoms with Crippen molar-refractivity contribution in [1.29, 1.82) is 0 Å². The maximum atomic E-state index is 10.7. The second-order valence-electron chi connectivity index (χ2n) is 6.53. The van der Waals surface area contributed by atoms with E-state index in [4.69, 9.17) is 5.11 Å². The number of rotatable bonds is 4. The van der Waals surface area contributed by atoms with Gasteiger partial charge in [-0.2, -0.15) is 0 Å². The standard InChI is InChI=1S/C15H28N2O2/c1-12(2)13-4-3-5-14(10-13)17-8-6-16(7-9-17)11-15(18)19/h12-14H,3-11H2,1-2H3,(H,18,19). The molecule has 1 saturated carbocycles. The van der Waals surface area contributed by atoms with Gasteiger partial charge in [0.2, 0.25) is 0 Å². The highest BCUT2D eigenvalue weighted by atomic mass is 16.4. The molecule has 2 unspecified atom stereocenters. The van der Waals surface area contributed by atoms with Crippen molar-refractivity contribution in [2.75, 3.05) is 32.7 Å². The molecule has 1 N–H and O–H groups in total. The van der Waals surface area contributed by atoms with Crippen molar-refractivity contribution in [3.05, 3.63) is 0 Å². The molecule has 0 aromatic carbocycles. The first-order valence-electron chi connectivity index (χ1n) is 7.74. The summed E-state index contributed by atoms with van der Waals surface area (Å²) in [6, 6.07) is 0.744. The number of hydrogen-bond donors (Lipinski definition) is 1. The van der Waals surface area contributed by atoms with Crippen LogP contribution >= 0.6 is 0 Å². The topological polar surface area (TPSA) is 43.8 Å². The van der Waals surface area contributed by atoms with Crippen LogP contribution in [0.1, 0.15) is 39.5 Å². The number of carbonyl (C=O) groups is 1. The van der Waals surface area contributed by atoms with Crippen LogP contribution in [0.5, 0.6) is 0 Å². The van der Waals surface area contributed by atoms with E-state index in [0.29, 0.717) is 0 Å². The highest BCUT2D eigenvalue weighted by Crippen LogP contribution is 2.32. The second-order valence-corrected chi connectivity index (χ2v) is 6.53. The van der Waals surface area contributed by atoms with Gasteiger partial charge < -0.3 is 5.11 Å². The molecule has 110 valence electrons. The maximum absolute atomic E-state index is 10.7. The van der Waals surface area contributed by atoms with Crippen LogP contribution in [-0.4, -0.2) is 59.6 Å². The van der Waals surface area contributed by atoms with Gasteiger partial charge in [-0.05, 0) is 24.7 Å². The Balaban J connectivity index is 1.79. The summed E-state index contributed by atoms with van der Waals surface area (Å²) in [5.41, 5.74) is 0. The first kappa shape index (κ1) is 14.8. The molecule has 0 spiro atoms. The van der Waals surface area contributed by atoms with Gasteiger partial charge in [0.1, 0.15) is 0 Å². The van der Waals surface area contributed by atoms with Crippen molar-refractivity contribution >= 4 is 5.97 Å². The first-order chi connectivity index (χ1) is 9.06. The fourth-order valence-electron chi connectivity index (χ4n) is 3.62. The average Bonchev–Trinajstić information content (AvgIpc) is 2.39. The zero-order valence-electron chi connectivity index (χ0n) is 12.3. The fourth-order valence-corrected chi connectivity index (χ4v) is 3.62. The predicted octanol–water partition coefficient (Wildman–Crippen LogP) is 1.90. The zero-order valence-corrected chi connectivity index (χ0v) is 12.3. The molecule has 2 atom stereocenters. The Morgan fingerprint density at radius 1 is 1.21 bits per heavy atom. The molecule has 0 amide bonds. The van der Waals surface area contributed by atoms with Crippen molar-refractivity contribution in [2.24, 2.45) is 11.8 Å². The maximum Gasteiger partial charge on any atom is 0.317 e. The van der Waals surface area contributed by atoms with Gasteiger partial charge in [-0.3, -0.25) is 14.6 Å². The van der Waals surface area contributed by atoms with E-state index in [0.717, 1.165) is 44.1 Å². The smallest absolute Gasteiger partial charge is 0.317 e. The number of hydrogen-bond acceptors (Lipinski definition) is 3. The van der Waals surface area contributed by atoms with Crippen molar-refractivity contribution in [3.8, 4) is 0 Å². The minimum Gasteiger partial charge on any atom is -0.480 e. The number of carboxylic acid groups (broad SMARTS) is 1. The summed E-state index contributed by atoms with van der Waals surface area (Å²) in [5, 5.41) is 8.82. The Hall–Kier alpha value is -0.610. The van der Waals surface area contributed by atoms with E-state index >= 15 is 0 Å². The Morgan fingerprint density at radius 3 is 2.47 bits per heavy atom. The van der Waals surface area contributed by atoms with Gasteiger partial charge in [0.15, 0.2) is 0 Å². The van der Waals surface area contributed by atoms with Crippen LogP contribution in [0.3, 0.4) is 0 Å². The lowest BCUT2D eigenvalue weighted by molar-refractivity contribution is -0.138. The lowest BCUT2D eigenvalue weighted by atomic mass is 9.78. The number of carboxylic acids is 1. The molecule has 0 aromatic heterocycles. The van der Waals surface area contributed by atoms with E-state index in [2.05, 4.69) is 23.6 Å². The molecular weight excluding hydrogens is 240 g/mol. The average molecular weight is 268 g/mol. The lowest BCUT2D eigenvalue weighted by Gasteiger charge is -2.42. The third-order valence-corrected chi connectivity index (χ3v) is 4.91. The van der Waals surface area contributed by atoms with E-state index in [1.54, 1.807) is 0 Å². The summed E-state index contributed by atoms with van der Waals surface area (Å²) >= 11 is 0. The summed E-state index contributed by atoms with van der Waals surface area (Å²) in [7, 11) is 0. The molecule has 0 radical (unpaired) electrons. The molecule has 4 heteroatoms.